The number of likely N-dealkylation sites (tertiary alicyclic amines) is 1. The van der Waals surface area contributed by atoms with Crippen molar-refractivity contribution >= 4 is 17.4 Å². The quantitative estimate of drug-likeness (QED) is 0.912. The maximum Gasteiger partial charge on any atom is 0.410 e. The van der Waals surface area contributed by atoms with Crippen LogP contribution in [0.4, 0.5) is 4.79 Å². The van der Waals surface area contributed by atoms with Gasteiger partial charge < -0.3 is 15.0 Å². The van der Waals surface area contributed by atoms with Crippen molar-refractivity contribution in [3.05, 3.63) is 16.1 Å². The summed E-state index contributed by atoms with van der Waals surface area (Å²) in [6.07, 6.45) is 4.04. The number of nitrogens with zero attached hydrogens (tertiary/aromatic N) is 2. The molecule has 1 aromatic rings. The molecule has 2 rings (SSSR count). The van der Waals surface area contributed by atoms with Crippen LogP contribution < -0.4 is 5.32 Å². The number of hydrogen-bond donors (Lipinski definition) is 1. The van der Waals surface area contributed by atoms with Crippen LogP contribution in [-0.2, 0) is 11.3 Å². The Kier molecular flexibility index (Phi) is 6.41. The zero-order valence-corrected chi connectivity index (χ0v) is 15.5. The molecule has 1 aromatic heterocycles. The summed E-state index contributed by atoms with van der Waals surface area (Å²) >= 11 is 1.71. The van der Waals surface area contributed by atoms with E-state index in [1.165, 1.54) is 4.88 Å². The first-order valence-electron chi connectivity index (χ1n) is 8.45. The zero-order chi connectivity index (χ0) is 16.9. The highest BCUT2D eigenvalue weighted by Crippen LogP contribution is 2.17. The highest BCUT2D eigenvalue weighted by Gasteiger charge is 2.23. The van der Waals surface area contributed by atoms with Crippen molar-refractivity contribution in [2.24, 2.45) is 0 Å². The molecule has 0 spiro atoms. The molecule has 0 aromatic carbocycles. The van der Waals surface area contributed by atoms with Gasteiger partial charge in [-0.1, -0.05) is 0 Å². The molecule has 2 heterocycles. The van der Waals surface area contributed by atoms with Crippen LogP contribution in [-0.4, -0.2) is 40.7 Å². The highest BCUT2D eigenvalue weighted by atomic mass is 32.1. The molecule has 0 radical (unpaired) electrons. The van der Waals surface area contributed by atoms with Crippen molar-refractivity contribution < 1.29 is 9.53 Å². The van der Waals surface area contributed by atoms with E-state index >= 15 is 0 Å². The summed E-state index contributed by atoms with van der Waals surface area (Å²) in [7, 11) is 0. The number of carbonyl (C=O) groups is 1. The normalized spacial score (nSPS) is 17.7. The van der Waals surface area contributed by atoms with E-state index in [0.29, 0.717) is 6.04 Å². The van der Waals surface area contributed by atoms with Crippen LogP contribution in [0.2, 0.25) is 0 Å². The van der Waals surface area contributed by atoms with Crippen molar-refractivity contribution in [2.75, 3.05) is 13.1 Å². The smallest absolute Gasteiger partial charge is 0.410 e. The SMILES string of the molecule is Cc1ncsc1CNC1CCCN(C(=O)OC(C)(C)C)CCC1. The number of nitrogens with one attached hydrogen (secondary N) is 1. The summed E-state index contributed by atoms with van der Waals surface area (Å²) < 4.78 is 5.48. The van der Waals surface area contributed by atoms with Gasteiger partial charge in [-0.05, 0) is 53.4 Å². The number of rotatable bonds is 3. The molecule has 1 N–H and O–H groups in total. The molecule has 1 aliphatic heterocycles. The predicted molar refractivity (Wildman–Crippen MR) is 93.8 cm³/mol. The molecule has 5 nitrogen and oxygen atoms in total. The van der Waals surface area contributed by atoms with E-state index in [4.69, 9.17) is 4.74 Å². The molecule has 1 saturated heterocycles. The molecule has 0 saturated carbocycles. The number of carbonyl (C=O) groups excluding carboxylic acids is 1. The van der Waals surface area contributed by atoms with Gasteiger partial charge in [0.1, 0.15) is 5.60 Å². The molecular formula is C17H29N3O2S. The second-order valence-corrected chi connectivity index (χ2v) is 8.13. The van der Waals surface area contributed by atoms with Gasteiger partial charge in [-0.15, -0.1) is 11.3 Å². The largest absolute Gasteiger partial charge is 0.444 e. The fraction of sp³-hybridized carbons (Fsp3) is 0.765. The molecular weight excluding hydrogens is 310 g/mol. The Bertz CT molecular complexity index is 500. The number of hydrogen-bond acceptors (Lipinski definition) is 5. The molecule has 0 atom stereocenters. The van der Waals surface area contributed by atoms with E-state index in [2.05, 4.69) is 17.2 Å². The van der Waals surface area contributed by atoms with E-state index in [1.54, 1.807) is 11.3 Å². The van der Waals surface area contributed by atoms with Gasteiger partial charge >= 0.3 is 6.09 Å². The standard InChI is InChI=1S/C17H29N3O2S/c1-13-15(23-12-19-13)11-18-14-7-5-9-20(10-6-8-14)16(21)22-17(2,3)4/h12,14,18H,5-11H2,1-4H3. The molecule has 0 bridgehead atoms. The van der Waals surface area contributed by atoms with Crippen molar-refractivity contribution in [1.82, 2.24) is 15.2 Å². The lowest BCUT2D eigenvalue weighted by molar-refractivity contribution is 0.0231. The molecule has 130 valence electrons. The number of aromatic nitrogens is 1. The summed E-state index contributed by atoms with van der Waals surface area (Å²) in [4.78, 5) is 19.6. The van der Waals surface area contributed by atoms with Gasteiger partial charge in [0.2, 0.25) is 0 Å². The number of amides is 1. The first-order chi connectivity index (χ1) is 10.8. The van der Waals surface area contributed by atoms with Crippen LogP contribution in [0.15, 0.2) is 5.51 Å². The molecule has 1 amide bonds. The van der Waals surface area contributed by atoms with Gasteiger partial charge in [0.25, 0.3) is 0 Å². The summed E-state index contributed by atoms with van der Waals surface area (Å²) in [6, 6.07) is 0.525. The minimum atomic E-state index is -0.420. The highest BCUT2D eigenvalue weighted by molar-refractivity contribution is 7.09. The Morgan fingerprint density at radius 2 is 2.04 bits per heavy atom. The fourth-order valence-electron chi connectivity index (χ4n) is 2.76. The molecule has 0 unspecified atom stereocenters. The van der Waals surface area contributed by atoms with Gasteiger partial charge in [-0.2, -0.15) is 0 Å². The second-order valence-electron chi connectivity index (χ2n) is 7.19. The maximum absolute atomic E-state index is 12.2. The third kappa shape index (κ3) is 6.11. The van der Waals surface area contributed by atoms with Crippen molar-refractivity contribution in [2.45, 2.75) is 71.6 Å². The van der Waals surface area contributed by atoms with Gasteiger partial charge in [0.15, 0.2) is 0 Å². The average Bonchev–Trinajstić information content (AvgIpc) is 2.81. The van der Waals surface area contributed by atoms with E-state index in [1.807, 2.05) is 31.2 Å². The van der Waals surface area contributed by atoms with Gasteiger partial charge in [0, 0.05) is 30.6 Å². The van der Waals surface area contributed by atoms with Crippen LogP contribution in [0.3, 0.4) is 0 Å². The predicted octanol–water partition coefficient (Wildman–Crippen LogP) is 3.72. The fourth-order valence-corrected chi connectivity index (χ4v) is 3.49. The van der Waals surface area contributed by atoms with Crippen LogP contribution in [0.1, 0.15) is 57.0 Å². The topological polar surface area (TPSA) is 54.5 Å². The first kappa shape index (κ1) is 18.2. The Hall–Kier alpha value is -1.14. The Balaban J connectivity index is 1.76. The van der Waals surface area contributed by atoms with E-state index in [9.17, 15) is 4.79 Å². The van der Waals surface area contributed by atoms with Crippen LogP contribution in [0.25, 0.3) is 0 Å². The minimum absolute atomic E-state index is 0.177. The number of thiazole rings is 1. The Morgan fingerprint density at radius 3 is 2.57 bits per heavy atom. The van der Waals surface area contributed by atoms with Gasteiger partial charge in [-0.25, -0.2) is 9.78 Å². The van der Waals surface area contributed by atoms with Crippen LogP contribution in [0, 0.1) is 6.92 Å². The van der Waals surface area contributed by atoms with E-state index < -0.39 is 5.60 Å². The number of aryl methyl sites for hydroxylation is 1. The molecule has 1 fully saturated rings. The number of ether oxygens (including phenoxy) is 1. The first-order valence-corrected chi connectivity index (χ1v) is 9.33. The molecule has 23 heavy (non-hydrogen) atoms. The lowest BCUT2D eigenvalue weighted by Gasteiger charge is -2.30. The van der Waals surface area contributed by atoms with Crippen LogP contribution in [0.5, 0.6) is 0 Å². The Labute approximate surface area is 143 Å². The third-order valence-electron chi connectivity index (χ3n) is 4.01. The second kappa shape index (κ2) is 8.11. The van der Waals surface area contributed by atoms with E-state index in [0.717, 1.165) is 51.0 Å². The summed E-state index contributed by atoms with van der Waals surface area (Å²) in [5, 5.41) is 3.65. The minimum Gasteiger partial charge on any atom is -0.444 e. The summed E-state index contributed by atoms with van der Waals surface area (Å²) in [5.41, 5.74) is 2.61. The summed E-state index contributed by atoms with van der Waals surface area (Å²) in [6.45, 7) is 10.3. The summed E-state index contributed by atoms with van der Waals surface area (Å²) in [5.74, 6) is 0. The van der Waals surface area contributed by atoms with Crippen molar-refractivity contribution in [1.29, 1.82) is 0 Å². The van der Waals surface area contributed by atoms with Gasteiger partial charge in [-0.3, -0.25) is 0 Å². The van der Waals surface area contributed by atoms with E-state index in [-0.39, 0.29) is 6.09 Å². The molecule has 6 heteroatoms. The van der Waals surface area contributed by atoms with Crippen LogP contribution >= 0.6 is 11.3 Å². The van der Waals surface area contributed by atoms with Gasteiger partial charge in [0.05, 0.1) is 11.2 Å². The van der Waals surface area contributed by atoms with Crippen molar-refractivity contribution in [3.8, 4) is 0 Å². The average molecular weight is 340 g/mol. The monoisotopic (exact) mass is 339 g/mol. The lowest BCUT2D eigenvalue weighted by atomic mass is 10.0. The molecule has 0 aliphatic carbocycles. The maximum atomic E-state index is 12.2. The third-order valence-corrected chi connectivity index (χ3v) is 4.94. The Morgan fingerprint density at radius 1 is 1.39 bits per heavy atom. The van der Waals surface area contributed by atoms with Crippen molar-refractivity contribution in [3.63, 3.8) is 0 Å². The lowest BCUT2D eigenvalue weighted by Crippen LogP contribution is -2.40. The zero-order valence-electron chi connectivity index (χ0n) is 14.7. The molecule has 1 aliphatic rings.